The fourth-order valence-corrected chi connectivity index (χ4v) is 2.85. The first-order valence-electron chi connectivity index (χ1n) is 7.67. The number of benzene rings is 1. The number of aromatic nitrogens is 2. The van der Waals surface area contributed by atoms with Gasteiger partial charge in [0, 0.05) is 36.5 Å². The van der Waals surface area contributed by atoms with Gasteiger partial charge in [-0.25, -0.2) is 4.98 Å². The lowest BCUT2D eigenvalue weighted by atomic mass is 9.96. The van der Waals surface area contributed by atoms with Crippen molar-refractivity contribution in [2.45, 2.75) is 12.5 Å². The van der Waals surface area contributed by atoms with Crippen LogP contribution >= 0.6 is 11.6 Å². The predicted octanol–water partition coefficient (Wildman–Crippen LogP) is 2.68. The van der Waals surface area contributed by atoms with Gasteiger partial charge in [-0.2, -0.15) is 0 Å². The van der Waals surface area contributed by atoms with Crippen LogP contribution in [0.3, 0.4) is 0 Å². The molecule has 3 aromatic rings. The molecule has 0 bridgehead atoms. The van der Waals surface area contributed by atoms with Gasteiger partial charge in [-0.1, -0.05) is 23.7 Å². The Morgan fingerprint density at radius 1 is 1.36 bits per heavy atom. The number of nitrogens with one attached hydrogen (secondary N) is 1. The zero-order valence-electron chi connectivity index (χ0n) is 13.8. The summed E-state index contributed by atoms with van der Waals surface area (Å²) >= 11 is 6.11. The molecule has 0 saturated carbocycles. The summed E-state index contributed by atoms with van der Waals surface area (Å²) in [6.45, 7) is 1.11. The van der Waals surface area contributed by atoms with Crippen molar-refractivity contribution in [2.24, 2.45) is 7.05 Å². The third kappa shape index (κ3) is 3.37. The lowest BCUT2D eigenvalue weighted by molar-refractivity contribution is -0.00229. The van der Waals surface area contributed by atoms with E-state index in [9.17, 15) is 15.0 Å². The molecule has 130 valence electrons. The normalized spacial score (nSPS) is 13.6. The minimum atomic E-state index is -1.34. The van der Waals surface area contributed by atoms with E-state index in [1.807, 2.05) is 11.6 Å². The van der Waals surface area contributed by atoms with Crippen LogP contribution in [0.1, 0.15) is 22.8 Å². The van der Waals surface area contributed by atoms with E-state index in [-0.39, 0.29) is 5.91 Å². The highest BCUT2D eigenvalue weighted by molar-refractivity contribution is 6.35. The van der Waals surface area contributed by atoms with Crippen LogP contribution in [-0.2, 0) is 12.6 Å². The zero-order valence-corrected chi connectivity index (χ0v) is 14.6. The van der Waals surface area contributed by atoms with Gasteiger partial charge in [0.1, 0.15) is 11.4 Å². The lowest BCUT2D eigenvalue weighted by Gasteiger charge is -2.20. The van der Waals surface area contributed by atoms with Crippen molar-refractivity contribution >= 4 is 34.2 Å². The average Bonchev–Trinajstić information content (AvgIpc) is 2.89. The molecule has 3 N–H and O–H groups in total. The summed E-state index contributed by atoms with van der Waals surface area (Å²) < 4.78 is 1.86. The van der Waals surface area contributed by atoms with Gasteiger partial charge in [-0.15, -0.1) is 0 Å². The number of halogens is 1. The number of carbonyl (C=O) groups is 1. The van der Waals surface area contributed by atoms with Gasteiger partial charge in [0.25, 0.3) is 5.91 Å². The van der Waals surface area contributed by atoms with Crippen LogP contribution in [0.2, 0.25) is 5.02 Å². The van der Waals surface area contributed by atoms with Crippen molar-refractivity contribution in [1.82, 2.24) is 9.55 Å². The minimum Gasteiger partial charge on any atom is -0.393 e. The molecule has 1 aromatic carbocycles. The van der Waals surface area contributed by atoms with Crippen LogP contribution in [0.15, 0.2) is 42.7 Å². The molecular formula is C18H18ClN3O3. The summed E-state index contributed by atoms with van der Waals surface area (Å²) in [5, 5.41) is 23.4. The second kappa shape index (κ2) is 6.48. The second-order valence-corrected chi connectivity index (χ2v) is 6.55. The topological polar surface area (TPSA) is 87.4 Å². The summed E-state index contributed by atoms with van der Waals surface area (Å²) in [5.41, 5.74) is 0.478. The monoisotopic (exact) mass is 359 g/mol. The number of hydrogen-bond acceptors (Lipinski definition) is 4. The predicted molar refractivity (Wildman–Crippen MR) is 96.8 cm³/mol. The molecule has 2 heterocycles. The molecule has 0 unspecified atom stereocenters. The number of fused-ring (bicyclic) bond motifs is 1. The van der Waals surface area contributed by atoms with E-state index in [0.29, 0.717) is 22.0 Å². The number of pyridine rings is 1. The molecule has 0 aliphatic carbocycles. The number of aryl methyl sites for hydroxylation is 1. The highest BCUT2D eigenvalue weighted by Gasteiger charge is 2.22. The standard InChI is InChI=1S/C18H18ClN3O3/c1-18(25,10-23)12-5-3-11(4-6-12)17(24)21-16-7-15-13(8-20-16)14(19)9-22(15)2/h3-9,23,25H,10H2,1-2H3,(H,20,21,24)/t18-/m1/s1. The minimum absolute atomic E-state index is 0.317. The van der Waals surface area contributed by atoms with Gasteiger partial charge in [0.05, 0.1) is 17.1 Å². The summed E-state index contributed by atoms with van der Waals surface area (Å²) in [6.07, 6.45) is 3.40. The van der Waals surface area contributed by atoms with Gasteiger partial charge >= 0.3 is 0 Å². The summed E-state index contributed by atoms with van der Waals surface area (Å²) in [5.74, 6) is 0.101. The Morgan fingerprint density at radius 2 is 2.04 bits per heavy atom. The first-order chi connectivity index (χ1) is 11.8. The summed E-state index contributed by atoms with van der Waals surface area (Å²) in [6, 6.07) is 8.15. The second-order valence-electron chi connectivity index (χ2n) is 6.14. The molecule has 1 atom stereocenters. The molecule has 2 aromatic heterocycles. The molecule has 0 aliphatic rings. The smallest absolute Gasteiger partial charge is 0.256 e. The van der Waals surface area contributed by atoms with Gasteiger partial charge in [-0.05, 0) is 24.6 Å². The molecule has 0 radical (unpaired) electrons. The van der Waals surface area contributed by atoms with E-state index < -0.39 is 12.2 Å². The first-order valence-corrected chi connectivity index (χ1v) is 8.05. The van der Waals surface area contributed by atoms with Crippen molar-refractivity contribution in [3.63, 3.8) is 0 Å². The molecule has 25 heavy (non-hydrogen) atoms. The number of carbonyl (C=O) groups excluding carboxylic acids is 1. The highest BCUT2D eigenvalue weighted by Crippen LogP contribution is 2.26. The van der Waals surface area contributed by atoms with Crippen molar-refractivity contribution in [2.75, 3.05) is 11.9 Å². The number of hydrogen-bond donors (Lipinski definition) is 3. The Kier molecular flexibility index (Phi) is 4.51. The van der Waals surface area contributed by atoms with Crippen LogP contribution < -0.4 is 5.32 Å². The molecule has 7 heteroatoms. The largest absolute Gasteiger partial charge is 0.393 e. The maximum atomic E-state index is 12.4. The van der Waals surface area contributed by atoms with Gasteiger partial charge in [-0.3, -0.25) is 4.79 Å². The van der Waals surface area contributed by atoms with Crippen molar-refractivity contribution in [3.05, 3.63) is 58.9 Å². The van der Waals surface area contributed by atoms with Crippen LogP contribution in [0.5, 0.6) is 0 Å². The lowest BCUT2D eigenvalue weighted by Crippen LogP contribution is -2.25. The van der Waals surface area contributed by atoms with E-state index in [1.54, 1.807) is 42.7 Å². The fourth-order valence-electron chi connectivity index (χ4n) is 2.56. The molecule has 1 amide bonds. The molecule has 0 aliphatic heterocycles. The number of amides is 1. The quantitative estimate of drug-likeness (QED) is 0.668. The third-order valence-corrected chi connectivity index (χ3v) is 4.45. The molecule has 3 rings (SSSR count). The molecule has 0 spiro atoms. The van der Waals surface area contributed by atoms with E-state index in [4.69, 9.17) is 11.6 Å². The van der Waals surface area contributed by atoms with E-state index in [0.717, 1.165) is 10.9 Å². The van der Waals surface area contributed by atoms with E-state index in [2.05, 4.69) is 10.3 Å². The number of nitrogens with zero attached hydrogens (tertiary/aromatic N) is 2. The van der Waals surface area contributed by atoms with Gasteiger partial charge in [0.2, 0.25) is 0 Å². The molecule has 6 nitrogen and oxygen atoms in total. The van der Waals surface area contributed by atoms with Crippen LogP contribution in [0, 0.1) is 0 Å². The molecular weight excluding hydrogens is 342 g/mol. The summed E-state index contributed by atoms with van der Waals surface area (Å²) in [7, 11) is 1.87. The molecule has 0 saturated heterocycles. The van der Waals surface area contributed by atoms with Gasteiger partial charge in [0.15, 0.2) is 0 Å². The maximum Gasteiger partial charge on any atom is 0.256 e. The van der Waals surface area contributed by atoms with Gasteiger partial charge < -0.3 is 20.1 Å². The maximum absolute atomic E-state index is 12.4. The SMILES string of the molecule is Cn1cc(Cl)c2cnc(NC(=O)c3ccc([C@](C)(O)CO)cc3)cc21. The van der Waals surface area contributed by atoms with Crippen LogP contribution in [0.25, 0.3) is 10.9 Å². The molecule has 0 fully saturated rings. The van der Waals surface area contributed by atoms with Crippen molar-refractivity contribution in [3.8, 4) is 0 Å². The average molecular weight is 360 g/mol. The third-order valence-electron chi connectivity index (χ3n) is 4.14. The van der Waals surface area contributed by atoms with E-state index in [1.165, 1.54) is 6.92 Å². The Morgan fingerprint density at radius 3 is 2.68 bits per heavy atom. The first kappa shape index (κ1) is 17.4. The van der Waals surface area contributed by atoms with Crippen molar-refractivity contribution < 1.29 is 15.0 Å². The number of anilines is 1. The fraction of sp³-hybridized carbons (Fsp3) is 0.222. The van der Waals surface area contributed by atoms with E-state index >= 15 is 0 Å². The van der Waals surface area contributed by atoms with Crippen LogP contribution in [-0.4, -0.2) is 32.3 Å². The number of rotatable bonds is 4. The Bertz CT molecular complexity index is 933. The van der Waals surface area contributed by atoms with Crippen molar-refractivity contribution in [1.29, 1.82) is 0 Å². The Labute approximate surface area is 149 Å². The Hall–Kier alpha value is -2.41. The highest BCUT2D eigenvalue weighted by atomic mass is 35.5. The Balaban J connectivity index is 1.81. The summed E-state index contributed by atoms with van der Waals surface area (Å²) in [4.78, 5) is 16.6. The van der Waals surface area contributed by atoms with Crippen LogP contribution in [0.4, 0.5) is 5.82 Å². The number of aliphatic hydroxyl groups is 2. The zero-order chi connectivity index (χ0) is 18.2. The number of aliphatic hydroxyl groups excluding tert-OH is 1.